The molecular formula is C16H17Cl2NO. The number of methoxy groups -OCH3 is 1. The Hall–Kier alpha value is -1.06. The second-order valence-corrected chi connectivity index (χ2v) is 5.34. The van der Waals surface area contributed by atoms with E-state index >= 15 is 0 Å². The highest BCUT2D eigenvalue weighted by Gasteiger charge is 2.25. The van der Waals surface area contributed by atoms with Gasteiger partial charge in [-0.2, -0.15) is 0 Å². The molecule has 2 aromatic carbocycles. The summed E-state index contributed by atoms with van der Waals surface area (Å²) >= 11 is 12.4. The highest BCUT2D eigenvalue weighted by molar-refractivity contribution is 6.33. The van der Waals surface area contributed by atoms with Gasteiger partial charge in [0.05, 0.1) is 6.04 Å². The van der Waals surface area contributed by atoms with Gasteiger partial charge < -0.3 is 10.1 Å². The third-order valence-electron chi connectivity index (χ3n) is 3.29. The Kier molecular flexibility index (Phi) is 5.44. The Morgan fingerprint density at radius 3 is 2.35 bits per heavy atom. The van der Waals surface area contributed by atoms with E-state index in [-0.39, 0.29) is 12.1 Å². The summed E-state index contributed by atoms with van der Waals surface area (Å²) in [5.74, 6) is 0. The molecule has 0 aliphatic carbocycles. The van der Waals surface area contributed by atoms with Crippen molar-refractivity contribution < 1.29 is 4.74 Å². The Bertz CT molecular complexity index is 560. The number of nitrogens with one attached hydrogen (secondary N) is 1. The summed E-state index contributed by atoms with van der Waals surface area (Å²) in [5, 5.41) is 4.60. The molecule has 0 amide bonds. The third-order valence-corrected chi connectivity index (χ3v) is 3.87. The van der Waals surface area contributed by atoms with E-state index in [1.807, 2.05) is 43.4 Å². The molecule has 20 heavy (non-hydrogen) atoms. The average molecular weight is 310 g/mol. The standard InChI is InChI=1S/C16H17Cl2NO/c1-19-15(13-10-12(17)8-9-14(13)18)16(20-2)11-6-4-3-5-7-11/h3-10,15-16,19H,1-2H3. The Morgan fingerprint density at radius 2 is 1.75 bits per heavy atom. The number of hydrogen-bond acceptors (Lipinski definition) is 2. The molecule has 2 unspecified atom stereocenters. The monoisotopic (exact) mass is 309 g/mol. The molecule has 0 aromatic heterocycles. The van der Waals surface area contributed by atoms with Crippen molar-refractivity contribution in [1.82, 2.24) is 5.32 Å². The topological polar surface area (TPSA) is 21.3 Å². The van der Waals surface area contributed by atoms with Crippen LogP contribution in [0.4, 0.5) is 0 Å². The van der Waals surface area contributed by atoms with E-state index in [2.05, 4.69) is 5.32 Å². The van der Waals surface area contributed by atoms with Gasteiger partial charge in [0.25, 0.3) is 0 Å². The van der Waals surface area contributed by atoms with Crippen molar-refractivity contribution in [2.75, 3.05) is 14.2 Å². The Labute approximate surface area is 129 Å². The molecule has 0 saturated carbocycles. The summed E-state index contributed by atoms with van der Waals surface area (Å²) in [6.07, 6.45) is -0.142. The van der Waals surface area contributed by atoms with Crippen LogP contribution < -0.4 is 5.32 Å². The maximum atomic E-state index is 6.30. The molecule has 0 radical (unpaired) electrons. The largest absolute Gasteiger partial charge is 0.375 e. The molecule has 0 bridgehead atoms. The lowest BCUT2D eigenvalue weighted by molar-refractivity contribution is 0.0702. The molecule has 0 aliphatic rings. The molecule has 4 heteroatoms. The molecule has 0 spiro atoms. The van der Waals surface area contributed by atoms with Crippen LogP contribution in [-0.2, 0) is 4.74 Å². The van der Waals surface area contributed by atoms with Gasteiger partial charge in [-0.05, 0) is 36.4 Å². The lowest BCUT2D eigenvalue weighted by Gasteiger charge is -2.27. The van der Waals surface area contributed by atoms with Gasteiger partial charge in [-0.3, -0.25) is 0 Å². The zero-order valence-corrected chi connectivity index (χ0v) is 12.9. The molecule has 0 saturated heterocycles. The summed E-state index contributed by atoms with van der Waals surface area (Å²) in [4.78, 5) is 0. The van der Waals surface area contributed by atoms with Crippen molar-refractivity contribution in [3.05, 3.63) is 69.7 Å². The number of halogens is 2. The van der Waals surface area contributed by atoms with E-state index in [0.29, 0.717) is 10.0 Å². The number of hydrogen-bond donors (Lipinski definition) is 1. The van der Waals surface area contributed by atoms with Gasteiger partial charge in [-0.1, -0.05) is 53.5 Å². The number of ether oxygens (including phenoxy) is 1. The first-order valence-corrected chi connectivity index (χ1v) is 7.13. The molecule has 0 fully saturated rings. The van der Waals surface area contributed by atoms with Gasteiger partial charge in [-0.25, -0.2) is 0 Å². The van der Waals surface area contributed by atoms with Crippen LogP contribution in [0, 0.1) is 0 Å². The summed E-state index contributed by atoms with van der Waals surface area (Å²) in [5.41, 5.74) is 2.02. The van der Waals surface area contributed by atoms with Gasteiger partial charge >= 0.3 is 0 Å². The predicted molar refractivity (Wildman–Crippen MR) is 84.5 cm³/mol. The summed E-state index contributed by atoms with van der Waals surface area (Å²) in [6.45, 7) is 0. The molecule has 2 atom stereocenters. The van der Waals surface area contributed by atoms with Crippen LogP contribution in [0.15, 0.2) is 48.5 Å². The Morgan fingerprint density at radius 1 is 1.05 bits per heavy atom. The van der Waals surface area contributed by atoms with Crippen molar-refractivity contribution in [2.24, 2.45) is 0 Å². The van der Waals surface area contributed by atoms with Crippen LogP contribution >= 0.6 is 23.2 Å². The second-order valence-electron chi connectivity index (χ2n) is 4.50. The zero-order valence-electron chi connectivity index (χ0n) is 11.4. The maximum Gasteiger partial charge on any atom is 0.102 e. The first kappa shape index (κ1) is 15.3. The van der Waals surface area contributed by atoms with E-state index in [4.69, 9.17) is 27.9 Å². The van der Waals surface area contributed by atoms with E-state index in [1.165, 1.54) is 0 Å². The first-order chi connectivity index (χ1) is 9.67. The van der Waals surface area contributed by atoms with Crippen LogP contribution in [0.25, 0.3) is 0 Å². The van der Waals surface area contributed by atoms with Crippen LogP contribution in [-0.4, -0.2) is 14.2 Å². The van der Waals surface area contributed by atoms with Gasteiger partial charge in [0.2, 0.25) is 0 Å². The molecular weight excluding hydrogens is 293 g/mol. The molecule has 0 aliphatic heterocycles. The van der Waals surface area contributed by atoms with E-state index in [0.717, 1.165) is 11.1 Å². The normalized spacial score (nSPS) is 14.0. The van der Waals surface area contributed by atoms with Crippen LogP contribution in [0.5, 0.6) is 0 Å². The molecule has 1 N–H and O–H groups in total. The summed E-state index contributed by atoms with van der Waals surface area (Å²) in [6, 6.07) is 15.4. The van der Waals surface area contributed by atoms with Crippen molar-refractivity contribution in [1.29, 1.82) is 0 Å². The number of benzene rings is 2. The van der Waals surface area contributed by atoms with Gasteiger partial charge in [0.1, 0.15) is 6.10 Å². The maximum absolute atomic E-state index is 6.30. The highest BCUT2D eigenvalue weighted by Crippen LogP contribution is 2.36. The van der Waals surface area contributed by atoms with E-state index in [9.17, 15) is 0 Å². The van der Waals surface area contributed by atoms with Crippen molar-refractivity contribution >= 4 is 23.2 Å². The minimum atomic E-state index is -0.142. The minimum Gasteiger partial charge on any atom is -0.375 e. The van der Waals surface area contributed by atoms with E-state index in [1.54, 1.807) is 19.2 Å². The average Bonchev–Trinajstić information content (AvgIpc) is 2.48. The van der Waals surface area contributed by atoms with Crippen molar-refractivity contribution in [2.45, 2.75) is 12.1 Å². The molecule has 106 valence electrons. The van der Waals surface area contributed by atoms with Crippen molar-refractivity contribution in [3.63, 3.8) is 0 Å². The van der Waals surface area contributed by atoms with E-state index < -0.39 is 0 Å². The van der Waals surface area contributed by atoms with Crippen molar-refractivity contribution in [3.8, 4) is 0 Å². The summed E-state index contributed by atoms with van der Waals surface area (Å²) < 4.78 is 5.67. The number of likely N-dealkylation sites (N-methyl/N-ethyl adjacent to an activating group) is 1. The molecule has 2 rings (SSSR count). The third kappa shape index (κ3) is 3.33. The Balaban J connectivity index is 2.42. The molecule has 0 heterocycles. The fourth-order valence-corrected chi connectivity index (χ4v) is 2.75. The van der Waals surface area contributed by atoms with Crippen LogP contribution in [0.1, 0.15) is 23.3 Å². The SMILES string of the molecule is CNC(c1cc(Cl)ccc1Cl)C(OC)c1ccccc1. The van der Waals surface area contributed by atoms with Crippen LogP contribution in [0.2, 0.25) is 10.0 Å². The highest BCUT2D eigenvalue weighted by atomic mass is 35.5. The fraction of sp³-hybridized carbons (Fsp3) is 0.250. The smallest absolute Gasteiger partial charge is 0.102 e. The lowest BCUT2D eigenvalue weighted by atomic mass is 9.95. The van der Waals surface area contributed by atoms with Gasteiger partial charge in [-0.15, -0.1) is 0 Å². The van der Waals surface area contributed by atoms with Gasteiger partial charge in [0, 0.05) is 17.2 Å². The fourth-order valence-electron chi connectivity index (χ4n) is 2.33. The van der Waals surface area contributed by atoms with Gasteiger partial charge in [0.15, 0.2) is 0 Å². The number of rotatable bonds is 5. The second kappa shape index (κ2) is 7.09. The minimum absolute atomic E-state index is 0.0754. The zero-order chi connectivity index (χ0) is 14.5. The molecule has 2 nitrogen and oxygen atoms in total. The quantitative estimate of drug-likeness (QED) is 0.868. The molecule has 2 aromatic rings. The van der Waals surface area contributed by atoms with Crippen LogP contribution in [0.3, 0.4) is 0 Å². The summed E-state index contributed by atoms with van der Waals surface area (Å²) in [7, 11) is 3.58. The first-order valence-electron chi connectivity index (χ1n) is 6.37. The lowest BCUT2D eigenvalue weighted by Crippen LogP contribution is -2.25. The predicted octanol–water partition coefficient (Wildman–Crippen LogP) is 4.64.